The summed E-state index contributed by atoms with van der Waals surface area (Å²) in [6.45, 7) is 1.02. The smallest absolute Gasteiger partial charge is 0.308 e. The van der Waals surface area contributed by atoms with Crippen LogP contribution >= 0.6 is 0 Å². The van der Waals surface area contributed by atoms with Gasteiger partial charge in [-0.3, -0.25) is 9.59 Å². The zero-order valence-electron chi connectivity index (χ0n) is 10.2. The summed E-state index contributed by atoms with van der Waals surface area (Å²) in [7, 11) is 0. The molecule has 0 radical (unpaired) electrons. The second-order valence-corrected chi connectivity index (χ2v) is 4.68. The molecule has 1 aliphatic heterocycles. The van der Waals surface area contributed by atoms with Crippen molar-refractivity contribution in [3.05, 3.63) is 35.9 Å². The monoisotopic (exact) mass is 247 g/mol. The number of hydrogen-bond acceptors (Lipinski definition) is 2. The second-order valence-electron chi connectivity index (χ2n) is 4.68. The van der Waals surface area contributed by atoms with Gasteiger partial charge >= 0.3 is 5.97 Å². The van der Waals surface area contributed by atoms with E-state index in [1.165, 1.54) is 0 Å². The van der Waals surface area contributed by atoms with Crippen LogP contribution in [0.2, 0.25) is 0 Å². The molecule has 2 rings (SSSR count). The van der Waals surface area contributed by atoms with Crippen LogP contribution in [0.3, 0.4) is 0 Å². The van der Waals surface area contributed by atoms with Gasteiger partial charge in [0.05, 0.1) is 12.3 Å². The van der Waals surface area contributed by atoms with E-state index in [0.29, 0.717) is 25.9 Å². The molecule has 1 aliphatic rings. The number of carbonyl (C=O) groups is 2. The van der Waals surface area contributed by atoms with Crippen LogP contribution in [-0.2, 0) is 16.0 Å². The lowest BCUT2D eigenvalue weighted by atomic mass is 9.97. The number of likely N-dealkylation sites (tertiary alicyclic amines) is 1. The number of aliphatic carboxylic acids is 1. The molecule has 1 aromatic carbocycles. The van der Waals surface area contributed by atoms with E-state index >= 15 is 0 Å². The number of benzene rings is 1. The van der Waals surface area contributed by atoms with Crippen molar-refractivity contribution < 1.29 is 14.7 Å². The first kappa shape index (κ1) is 12.6. The molecule has 1 N–H and O–H groups in total. The molecule has 0 aromatic heterocycles. The maximum atomic E-state index is 12.1. The number of hydrogen-bond donors (Lipinski definition) is 1. The largest absolute Gasteiger partial charge is 0.481 e. The van der Waals surface area contributed by atoms with Crippen LogP contribution in [0.4, 0.5) is 0 Å². The minimum absolute atomic E-state index is 0.0205. The van der Waals surface area contributed by atoms with Gasteiger partial charge in [-0.1, -0.05) is 30.3 Å². The number of nitrogens with zero attached hydrogens (tertiary/aromatic N) is 1. The first-order valence-electron chi connectivity index (χ1n) is 6.21. The van der Waals surface area contributed by atoms with Crippen LogP contribution in [0.1, 0.15) is 18.4 Å². The number of piperidine rings is 1. The van der Waals surface area contributed by atoms with Crippen LogP contribution in [-0.4, -0.2) is 35.0 Å². The molecule has 4 nitrogen and oxygen atoms in total. The quantitative estimate of drug-likeness (QED) is 0.881. The molecule has 1 unspecified atom stereocenters. The summed E-state index contributed by atoms with van der Waals surface area (Å²) < 4.78 is 0. The Morgan fingerprint density at radius 1 is 1.28 bits per heavy atom. The maximum absolute atomic E-state index is 12.1. The molecule has 0 spiro atoms. The van der Waals surface area contributed by atoms with Crippen molar-refractivity contribution in [1.82, 2.24) is 4.90 Å². The molecule has 0 bridgehead atoms. The lowest BCUT2D eigenvalue weighted by molar-refractivity contribution is -0.145. The van der Waals surface area contributed by atoms with Gasteiger partial charge in [0.15, 0.2) is 0 Å². The van der Waals surface area contributed by atoms with E-state index < -0.39 is 11.9 Å². The third-order valence-electron chi connectivity index (χ3n) is 3.32. The van der Waals surface area contributed by atoms with Crippen LogP contribution in [0, 0.1) is 5.92 Å². The van der Waals surface area contributed by atoms with Gasteiger partial charge in [0.2, 0.25) is 5.91 Å². The average Bonchev–Trinajstić information content (AvgIpc) is 2.40. The normalized spacial score (nSPS) is 19.6. The van der Waals surface area contributed by atoms with E-state index in [0.717, 1.165) is 12.0 Å². The molecular formula is C14H17NO3. The van der Waals surface area contributed by atoms with Gasteiger partial charge in [-0.25, -0.2) is 0 Å². The molecule has 0 saturated carbocycles. The van der Waals surface area contributed by atoms with Crippen molar-refractivity contribution in [2.75, 3.05) is 13.1 Å². The molecule has 1 amide bonds. The zero-order chi connectivity index (χ0) is 13.0. The summed E-state index contributed by atoms with van der Waals surface area (Å²) in [5.41, 5.74) is 0.972. The molecule has 1 fully saturated rings. The Morgan fingerprint density at radius 3 is 2.67 bits per heavy atom. The Kier molecular flexibility index (Phi) is 3.97. The summed E-state index contributed by atoms with van der Waals surface area (Å²) in [5, 5.41) is 8.99. The van der Waals surface area contributed by atoms with E-state index in [2.05, 4.69) is 0 Å². The van der Waals surface area contributed by atoms with E-state index in [1.54, 1.807) is 4.90 Å². The zero-order valence-corrected chi connectivity index (χ0v) is 10.2. The van der Waals surface area contributed by atoms with Crippen LogP contribution in [0.5, 0.6) is 0 Å². The van der Waals surface area contributed by atoms with Crippen LogP contribution in [0.25, 0.3) is 0 Å². The lowest BCUT2D eigenvalue weighted by Gasteiger charge is -2.30. The van der Waals surface area contributed by atoms with Crippen molar-refractivity contribution in [1.29, 1.82) is 0 Å². The molecule has 96 valence electrons. The highest BCUT2D eigenvalue weighted by Crippen LogP contribution is 2.17. The molecule has 1 saturated heterocycles. The Balaban J connectivity index is 1.95. The highest BCUT2D eigenvalue weighted by molar-refractivity contribution is 5.80. The molecule has 4 heteroatoms. The SMILES string of the molecule is O=C(O)C1CCCN(C(=O)Cc2ccccc2)C1. The number of carbonyl (C=O) groups excluding carboxylic acids is 1. The fourth-order valence-electron chi connectivity index (χ4n) is 2.29. The molecule has 18 heavy (non-hydrogen) atoms. The summed E-state index contributed by atoms with van der Waals surface area (Å²) in [4.78, 5) is 24.7. The predicted octanol–water partition coefficient (Wildman–Crippen LogP) is 1.55. The first-order valence-corrected chi connectivity index (χ1v) is 6.21. The van der Waals surface area contributed by atoms with Gasteiger partial charge in [0.25, 0.3) is 0 Å². The van der Waals surface area contributed by atoms with Gasteiger partial charge in [-0.2, -0.15) is 0 Å². The van der Waals surface area contributed by atoms with Gasteiger partial charge in [-0.15, -0.1) is 0 Å². The number of carboxylic acid groups (broad SMARTS) is 1. The van der Waals surface area contributed by atoms with Crippen molar-refractivity contribution >= 4 is 11.9 Å². The van der Waals surface area contributed by atoms with Gasteiger partial charge < -0.3 is 10.0 Å². The Morgan fingerprint density at radius 2 is 2.00 bits per heavy atom. The topological polar surface area (TPSA) is 57.6 Å². The van der Waals surface area contributed by atoms with Crippen molar-refractivity contribution in [3.8, 4) is 0 Å². The Bertz CT molecular complexity index is 430. The van der Waals surface area contributed by atoms with E-state index in [4.69, 9.17) is 5.11 Å². The molecular weight excluding hydrogens is 230 g/mol. The first-order chi connectivity index (χ1) is 8.66. The summed E-state index contributed by atoms with van der Waals surface area (Å²) in [5.74, 6) is -1.18. The number of amides is 1. The fourth-order valence-corrected chi connectivity index (χ4v) is 2.29. The third-order valence-corrected chi connectivity index (χ3v) is 3.32. The molecule has 1 aromatic rings. The predicted molar refractivity (Wildman–Crippen MR) is 67.1 cm³/mol. The maximum Gasteiger partial charge on any atom is 0.308 e. The fraction of sp³-hybridized carbons (Fsp3) is 0.429. The minimum Gasteiger partial charge on any atom is -0.481 e. The number of rotatable bonds is 3. The molecule has 1 atom stereocenters. The van der Waals surface area contributed by atoms with Crippen molar-refractivity contribution in [3.63, 3.8) is 0 Å². The lowest BCUT2D eigenvalue weighted by Crippen LogP contribution is -2.42. The Hall–Kier alpha value is -1.84. The number of carboxylic acids is 1. The third kappa shape index (κ3) is 3.09. The average molecular weight is 247 g/mol. The molecule has 0 aliphatic carbocycles. The standard InChI is InChI=1S/C14H17NO3/c16-13(9-11-5-2-1-3-6-11)15-8-4-7-12(10-15)14(17)18/h1-3,5-6,12H,4,7-10H2,(H,17,18). The highest BCUT2D eigenvalue weighted by Gasteiger charge is 2.27. The minimum atomic E-state index is -0.799. The van der Waals surface area contributed by atoms with E-state index in [1.807, 2.05) is 30.3 Å². The highest BCUT2D eigenvalue weighted by atomic mass is 16.4. The van der Waals surface area contributed by atoms with Crippen molar-refractivity contribution in [2.24, 2.45) is 5.92 Å². The van der Waals surface area contributed by atoms with Gasteiger partial charge in [0.1, 0.15) is 0 Å². The van der Waals surface area contributed by atoms with Crippen LogP contribution < -0.4 is 0 Å². The van der Waals surface area contributed by atoms with E-state index in [9.17, 15) is 9.59 Å². The Labute approximate surface area is 106 Å². The summed E-state index contributed by atoms with van der Waals surface area (Å²) >= 11 is 0. The van der Waals surface area contributed by atoms with Gasteiger partial charge in [-0.05, 0) is 18.4 Å². The summed E-state index contributed by atoms with van der Waals surface area (Å²) in [6, 6.07) is 9.54. The molecule has 1 heterocycles. The summed E-state index contributed by atoms with van der Waals surface area (Å²) in [6.07, 6.45) is 1.80. The van der Waals surface area contributed by atoms with Crippen LogP contribution in [0.15, 0.2) is 30.3 Å². The van der Waals surface area contributed by atoms with E-state index in [-0.39, 0.29) is 5.91 Å². The van der Waals surface area contributed by atoms with Gasteiger partial charge in [0, 0.05) is 13.1 Å². The second kappa shape index (κ2) is 5.67. The van der Waals surface area contributed by atoms with Crippen molar-refractivity contribution in [2.45, 2.75) is 19.3 Å².